The molecule has 1 amide bonds. The van der Waals surface area contributed by atoms with E-state index in [9.17, 15) is 22.8 Å². The number of carbonyl (C=O) groups excluding carboxylic acids is 2. The fraction of sp³-hybridized carbons (Fsp3) is 0.529. The smallest absolute Gasteiger partial charge is 0.469 e. The fourth-order valence-corrected chi connectivity index (χ4v) is 2.35. The maximum absolute atomic E-state index is 12.7. The predicted molar refractivity (Wildman–Crippen MR) is 88.2 cm³/mol. The molecule has 1 rings (SSSR count). The van der Waals surface area contributed by atoms with Crippen LogP contribution in [0.1, 0.15) is 18.9 Å². The van der Waals surface area contributed by atoms with Crippen molar-refractivity contribution in [1.29, 1.82) is 0 Å². The van der Waals surface area contributed by atoms with E-state index < -0.39 is 18.2 Å². The minimum Gasteiger partial charge on any atom is -0.469 e. The molecule has 1 aromatic rings. The lowest BCUT2D eigenvalue weighted by Gasteiger charge is -2.28. The number of benzene rings is 1. The summed E-state index contributed by atoms with van der Waals surface area (Å²) >= 11 is 0. The maximum atomic E-state index is 12.7. The second kappa shape index (κ2) is 9.42. The van der Waals surface area contributed by atoms with Crippen molar-refractivity contribution in [2.24, 2.45) is 11.7 Å². The third-order valence-corrected chi connectivity index (χ3v) is 3.95. The number of amides is 1. The van der Waals surface area contributed by atoms with E-state index in [0.717, 1.165) is 6.07 Å². The van der Waals surface area contributed by atoms with E-state index in [1.807, 2.05) is 0 Å². The van der Waals surface area contributed by atoms with E-state index >= 15 is 0 Å². The molecule has 0 aliphatic rings. The molecule has 26 heavy (non-hydrogen) atoms. The van der Waals surface area contributed by atoms with Crippen molar-refractivity contribution in [3.63, 3.8) is 0 Å². The monoisotopic (exact) mass is 376 g/mol. The van der Waals surface area contributed by atoms with Gasteiger partial charge in [-0.15, -0.1) is 13.2 Å². The van der Waals surface area contributed by atoms with Crippen molar-refractivity contribution in [1.82, 2.24) is 4.90 Å². The van der Waals surface area contributed by atoms with Crippen LogP contribution in [0, 0.1) is 5.92 Å². The van der Waals surface area contributed by atoms with Gasteiger partial charge in [0.15, 0.2) is 0 Å². The first-order chi connectivity index (χ1) is 12.1. The van der Waals surface area contributed by atoms with Crippen LogP contribution in [0.3, 0.4) is 0 Å². The maximum Gasteiger partial charge on any atom is 0.573 e. The van der Waals surface area contributed by atoms with E-state index in [0.29, 0.717) is 5.56 Å². The first-order valence-electron chi connectivity index (χ1n) is 7.95. The summed E-state index contributed by atoms with van der Waals surface area (Å²) in [4.78, 5) is 25.7. The van der Waals surface area contributed by atoms with Gasteiger partial charge in [0.2, 0.25) is 5.91 Å². The highest BCUT2D eigenvalue weighted by Gasteiger charge is 2.31. The van der Waals surface area contributed by atoms with Gasteiger partial charge in [-0.25, -0.2) is 0 Å². The third kappa shape index (κ3) is 6.91. The standard InChI is InChI=1S/C17H23F3N2O4/c1-11(10-21)22(2)16(24)13(9-15(23)25-3)7-12-5-4-6-14(8-12)26-17(18,19)20/h4-6,8,11,13H,7,9-10,21H2,1-3H3/t11-,13+/m0/s1. The van der Waals surface area contributed by atoms with Gasteiger partial charge in [-0.3, -0.25) is 9.59 Å². The van der Waals surface area contributed by atoms with Crippen LogP contribution in [0.5, 0.6) is 5.75 Å². The Labute approximate surface area is 150 Å². The lowest BCUT2D eigenvalue weighted by molar-refractivity contribution is -0.274. The number of carbonyl (C=O) groups is 2. The summed E-state index contributed by atoms with van der Waals surface area (Å²) in [5, 5.41) is 0. The van der Waals surface area contributed by atoms with Crippen molar-refractivity contribution >= 4 is 11.9 Å². The summed E-state index contributed by atoms with van der Waals surface area (Å²) in [6, 6.07) is 5.06. The van der Waals surface area contributed by atoms with E-state index in [1.165, 1.54) is 24.1 Å². The van der Waals surface area contributed by atoms with Crippen LogP contribution in [0.4, 0.5) is 13.2 Å². The molecule has 0 radical (unpaired) electrons. The molecule has 146 valence electrons. The number of halogens is 3. The van der Waals surface area contributed by atoms with E-state index in [2.05, 4.69) is 9.47 Å². The second-order valence-electron chi connectivity index (χ2n) is 5.91. The minimum absolute atomic E-state index is 0.0601. The second-order valence-corrected chi connectivity index (χ2v) is 5.91. The Morgan fingerprint density at radius 1 is 1.31 bits per heavy atom. The zero-order chi connectivity index (χ0) is 19.9. The van der Waals surface area contributed by atoms with Crippen LogP contribution < -0.4 is 10.5 Å². The molecule has 0 saturated carbocycles. The van der Waals surface area contributed by atoms with Crippen LogP contribution in [0.25, 0.3) is 0 Å². The molecule has 0 spiro atoms. The van der Waals surface area contributed by atoms with Crippen molar-refractivity contribution < 1.29 is 32.2 Å². The number of ether oxygens (including phenoxy) is 2. The van der Waals surface area contributed by atoms with Crippen LogP contribution in [0.15, 0.2) is 24.3 Å². The molecular weight excluding hydrogens is 353 g/mol. The third-order valence-electron chi connectivity index (χ3n) is 3.95. The Morgan fingerprint density at radius 2 is 1.96 bits per heavy atom. The van der Waals surface area contributed by atoms with Crippen LogP contribution in [-0.4, -0.2) is 49.9 Å². The highest BCUT2D eigenvalue weighted by atomic mass is 19.4. The molecule has 0 unspecified atom stereocenters. The summed E-state index contributed by atoms with van der Waals surface area (Å²) in [6.07, 6.45) is -4.94. The first kappa shape index (κ1) is 21.8. The molecule has 0 bridgehead atoms. The summed E-state index contributed by atoms with van der Waals surface area (Å²) < 4.78 is 45.6. The number of alkyl halides is 3. The molecule has 0 saturated heterocycles. The predicted octanol–water partition coefficient (Wildman–Crippen LogP) is 2.11. The van der Waals surface area contributed by atoms with Gasteiger partial charge in [0.25, 0.3) is 0 Å². The average molecular weight is 376 g/mol. The van der Waals surface area contributed by atoms with Crippen LogP contribution in [-0.2, 0) is 20.7 Å². The topological polar surface area (TPSA) is 81.9 Å². The van der Waals surface area contributed by atoms with Gasteiger partial charge in [-0.05, 0) is 31.0 Å². The Kier molecular flexibility index (Phi) is 7.88. The molecule has 0 aromatic heterocycles. The molecule has 2 atom stereocenters. The molecule has 6 nitrogen and oxygen atoms in total. The zero-order valence-corrected chi connectivity index (χ0v) is 14.9. The summed E-state index contributed by atoms with van der Waals surface area (Å²) in [5.74, 6) is -2.10. The molecular formula is C17H23F3N2O4. The lowest BCUT2D eigenvalue weighted by Crippen LogP contribution is -2.43. The van der Waals surface area contributed by atoms with Gasteiger partial charge in [0.05, 0.1) is 19.4 Å². The highest BCUT2D eigenvalue weighted by Crippen LogP contribution is 2.25. The van der Waals surface area contributed by atoms with Gasteiger partial charge < -0.3 is 20.1 Å². The van der Waals surface area contributed by atoms with Crippen molar-refractivity contribution in [2.75, 3.05) is 20.7 Å². The van der Waals surface area contributed by atoms with E-state index in [4.69, 9.17) is 5.73 Å². The first-order valence-corrected chi connectivity index (χ1v) is 7.95. The molecule has 1 aromatic carbocycles. The number of esters is 1. The Balaban J connectivity index is 3.00. The van der Waals surface area contributed by atoms with E-state index in [-0.39, 0.29) is 37.1 Å². The van der Waals surface area contributed by atoms with Gasteiger partial charge in [0, 0.05) is 19.6 Å². The molecule has 2 N–H and O–H groups in total. The van der Waals surface area contributed by atoms with Gasteiger partial charge in [-0.1, -0.05) is 12.1 Å². The fourth-order valence-electron chi connectivity index (χ4n) is 2.35. The normalized spacial score (nSPS) is 13.7. The van der Waals surface area contributed by atoms with Gasteiger partial charge >= 0.3 is 12.3 Å². The number of likely N-dealkylation sites (N-methyl/N-ethyl adjacent to an activating group) is 1. The summed E-state index contributed by atoms with van der Waals surface area (Å²) in [5.41, 5.74) is 5.99. The number of hydrogen-bond donors (Lipinski definition) is 1. The number of nitrogens with two attached hydrogens (primary N) is 1. The molecule has 9 heteroatoms. The van der Waals surface area contributed by atoms with Crippen LogP contribution >= 0.6 is 0 Å². The van der Waals surface area contributed by atoms with Crippen molar-refractivity contribution in [2.45, 2.75) is 32.2 Å². The number of methoxy groups -OCH3 is 1. The lowest BCUT2D eigenvalue weighted by atomic mass is 9.94. The van der Waals surface area contributed by atoms with Crippen LogP contribution in [0.2, 0.25) is 0 Å². The van der Waals surface area contributed by atoms with Crippen molar-refractivity contribution in [3.05, 3.63) is 29.8 Å². The minimum atomic E-state index is -4.81. The molecule has 0 fully saturated rings. The molecule has 0 aliphatic carbocycles. The zero-order valence-electron chi connectivity index (χ0n) is 14.9. The highest BCUT2D eigenvalue weighted by molar-refractivity contribution is 5.84. The average Bonchev–Trinajstić information content (AvgIpc) is 2.57. The quantitative estimate of drug-likeness (QED) is 0.703. The Morgan fingerprint density at radius 3 is 2.50 bits per heavy atom. The number of nitrogens with zero attached hydrogens (tertiary/aromatic N) is 1. The Bertz CT molecular complexity index is 622. The van der Waals surface area contributed by atoms with Gasteiger partial charge in [-0.2, -0.15) is 0 Å². The van der Waals surface area contributed by atoms with Crippen molar-refractivity contribution in [3.8, 4) is 5.75 Å². The summed E-state index contributed by atoms with van der Waals surface area (Å²) in [6.45, 7) is 1.99. The molecule has 0 aliphatic heterocycles. The SMILES string of the molecule is COC(=O)C[C@@H](Cc1cccc(OC(F)(F)F)c1)C(=O)N(C)[C@@H](C)CN. The van der Waals surface area contributed by atoms with Gasteiger partial charge in [0.1, 0.15) is 5.75 Å². The van der Waals surface area contributed by atoms with E-state index in [1.54, 1.807) is 20.0 Å². The summed E-state index contributed by atoms with van der Waals surface area (Å²) in [7, 11) is 2.77. The largest absolute Gasteiger partial charge is 0.573 e. The number of rotatable bonds is 8. The molecule has 0 heterocycles. The number of hydrogen-bond acceptors (Lipinski definition) is 5. The Hall–Kier alpha value is -2.29.